The van der Waals surface area contributed by atoms with Gasteiger partial charge in [0.2, 0.25) is 6.79 Å². The lowest BCUT2D eigenvalue weighted by Crippen LogP contribution is -2.14. The minimum absolute atomic E-state index is 0.188. The van der Waals surface area contributed by atoms with E-state index in [1.807, 2.05) is 0 Å². The molecule has 0 bridgehead atoms. The first-order valence-electron chi connectivity index (χ1n) is 6.10. The summed E-state index contributed by atoms with van der Waals surface area (Å²) in [6.45, 7) is 0.188. The Bertz CT molecular complexity index is 734. The number of benzene rings is 2. The molecule has 0 atom stereocenters. The van der Waals surface area contributed by atoms with E-state index in [0.29, 0.717) is 33.6 Å². The third-order valence-electron chi connectivity index (χ3n) is 3.02. The van der Waals surface area contributed by atoms with Crippen molar-refractivity contribution in [3.05, 3.63) is 40.9 Å². The minimum atomic E-state index is -0.618. The molecule has 0 radical (unpaired) electrons. The third kappa shape index (κ3) is 2.53. The van der Waals surface area contributed by atoms with E-state index in [9.17, 15) is 4.79 Å². The van der Waals surface area contributed by atoms with Crippen LogP contribution in [0.1, 0.15) is 10.4 Å². The van der Waals surface area contributed by atoms with E-state index < -0.39 is 5.91 Å². The van der Waals surface area contributed by atoms with Gasteiger partial charge in [-0.25, -0.2) is 0 Å². The maximum absolute atomic E-state index is 11.5. The number of amides is 1. The highest BCUT2D eigenvalue weighted by Gasteiger charge is 2.16. The Morgan fingerprint density at radius 1 is 1.19 bits per heavy atom. The second-order valence-corrected chi connectivity index (χ2v) is 4.89. The van der Waals surface area contributed by atoms with Gasteiger partial charge in [0.25, 0.3) is 5.91 Å². The van der Waals surface area contributed by atoms with Crippen molar-refractivity contribution < 1.29 is 14.3 Å². The Morgan fingerprint density at radius 3 is 2.71 bits per heavy atom. The number of rotatable bonds is 3. The van der Waals surface area contributed by atoms with Crippen LogP contribution in [0.3, 0.4) is 0 Å². The molecule has 1 amide bonds. The molecule has 1 aliphatic rings. The summed E-state index contributed by atoms with van der Waals surface area (Å²) < 4.78 is 10.5. The molecular formula is C14H12ClN3O3. The highest BCUT2D eigenvalue weighted by molar-refractivity contribution is 6.34. The van der Waals surface area contributed by atoms with Gasteiger partial charge >= 0.3 is 0 Å². The standard InChI is InChI=1S/C14H12ClN3O3/c15-10-4-7(16)3-9(14(17)19)13(10)18-8-1-2-11-12(5-8)21-6-20-11/h1-5,18H,6,16H2,(H2,17,19). The number of carbonyl (C=O) groups is 1. The van der Waals surface area contributed by atoms with E-state index >= 15 is 0 Å². The van der Waals surface area contributed by atoms with Gasteiger partial charge in [-0.3, -0.25) is 4.79 Å². The summed E-state index contributed by atoms with van der Waals surface area (Å²) in [6, 6.07) is 8.32. The molecule has 5 N–H and O–H groups in total. The first kappa shape index (κ1) is 13.4. The van der Waals surface area contributed by atoms with Crippen molar-refractivity contribution in [3.8, 4) is 11.5 Å². The molecule has 1 aliphatic heterocycles. The maximum Gasteiger partial charge on any atom is 0.250 e. The highest BCUT2D eigenvalue weighted by Crippen LogP contribution is 2.37. The molecule has 6 nitrogen and oxygen atoms in total. The predicted octanol–water partition coefficient (Wildman–Crippen LogP) is 2.49. The molecule has 0 saturated carbocycles. The smallest absolute Gasteiger partial charge is 0.250 e. The summed E-state index contributed by atoms with van der Waals surface area (Å²) in [5, 5.41) is 3.36. The van der Waals surface area contributed by atoms with E-state index in [4.69, 9.17) is 32.5 Å². The van der Waals surface area contributed by atoms with E-state index in [1.54, 1.807) is 24.3 Å². The van der Waals surface area contributed by atoms with Crippen molar-refractivity contribution >= 4 is 34.6 Å². The molecule has 2 aromatic carbocycles. The number of hydrogen-bond acceptors (Lipinski definition) is 5. The van der Waals surface area contributed by atoms with Crippen LogP contribution in [0.5, 0.6) is 11.5 Å². The van der Waals surface area contributed by atoms with Gasteiger partial charge in [-0.05, 0) is 24.3 Å². The summed E-state index contributed by atoms with van der Waals surface area (Å²) in [5.74, 6) is 0.665. The fourth-order valence-electron chi connectivity index (χ4n) is 2.07. The second kappa shape index (κ2) is 5.06. The number of halogens is 1. The van der Waals surface area contributed by atoms with Crippen molar-refractivity contribution in [2.75, 3.05) is 17.8 Å². The Balaban J connectivity index is 2.00. The number of nitrogen functional groups attached to an aromatic ring is 1. The molecule has 0 aromatic heterocycles. The number of primary amides is 1. The number of fused-ring (bicyclic) bond motifs is 1. The lowest BCUT2D eigenvalue weighted by molar-refractivity contribution is 0.100. The van der Waals surface area contributed by atoms with Gasteiger partial charge in [0, 0.05) is 17.4 Å². The Kier molecular flexibility index (Phi) is 3.23. The quantitative estimate of drug-likeness (QED) is 0.757. The van der Waals surface area contributed by atoms with Crippen LogP contribution < -0.4 is 26.3 Å². The van der Waals surface area contributed by atoms with Gasteiger partial charge in [-0.15, -0.1) is 0 Å². The average Bonchev–Trinajstić information content (AvgIpc) is 2.88. The topological polar surface area (TPSA) is 99.6 Å². The fourth-order valence-corrected chi connectivity index (χ4v) is 2.34. The van der Waals surface area contributed by atoms with Crippen LogP contribution in [0.25, 0.3) is 0 Å². The molecule has 0 unspecified atom stereocenters. The van der Waals surface area contributed by atoms with Crippen LogP contribution in [-0.4, -0.2) is 12.7 Å². The van der Waals surface area contributed by atoms with Crippen molar-refractivity contribution in [3.63, 3.8) is 0 Å². The fraction of sp³-hybridized carbons (Fsp3) is 0.0714. The number of anilines is 3. The number of ether oxygens (including phenoxy) is 2. The Hall–Kier alpha value is -2.60. The molecule has 1 heterocycles. The zero-order chi connectivity index (χ0) is 15.0. The molecule has 7 heteroatoms. The number of nitrogens with two attached hydrogens (primary N) is 2. The molecule has 2 aromatic rings. The van der Waals surface area contributed by atoms with Gasteiger partial charge in [-0.2, -0.15) is 0 Å². The van der Waals surface area contributed by atoms with Crippen LogP contribution >= 0.6 is 11.6 Å². The predicted molar refractivity (Wildman–Crippen MR) is 80.2 cm³/mol. The third-order valence-corrected chi connectivity index (χ3v) is 3.32. The first-order chi connectivity index (χ1) is 10.0. The number of carbonyl (C=O) groups excluding carboxylic acids is 1. The highest BCUT2D eigenvalue weighted by atomic mass is 35.5. The largest absolute Gasteiger partial charge is 0.454 e. The number of hydrogen-bond donors (Lipinski definition) is 3. The molecule has 0 saturated heterocycles. The molecular weight excluding hydrogens is 294 g/mol. The van der Waals surface area contributed by atoms with E-state index in [-0.39, 0.29) is 12.4 Å². The van der Waals surface area contributed by atoms with Crippen LogP contribution in [-0.2, 0) is 0 Å². The van der Waals surface area contributed by atoms with Crippen LogP contribution in [0.15, 0.2) is 30.3 Å². The molecule has 21 heavy (non-hydrogen) atoms. The molecule has 0 fully saturated rings. The normalized spacial score (nSPS) is 12.2. The van der Waals surface area contributed by atoms with Gasteiger partial charge in [0.05, 0.1) is 16.3 Å². The van der Waals surface area contributed by atoms with Crippen molar-refractivity contribution in [2.24, 2.45) is 5.73 Å². The van der Waals surface area contributed by atoms with E-state index in [2.05, 4.69) is 5.32 Å². The first-order valence-corrected chi connectivity index (χ1v) is 6.48. The number of nitrogens with one attached hydrogen (secondary N) is 1. The van der Waals surface area contributed by atoms with Crippen molar-refractivity contribution in [1.29, 1.82) is 0 Å². The Morgan fingerprint density at radius 2 is 1.95 bits per heavy atom. The lowest BCUT2D eigenvalue weighted by atomic mass is 10.1. The summed E-state index contributed by atoms with van der Waals surface area (Å²) >= 11 is 6.14. The maximum atomic E-state index is 11.5. The zero-order valence-corrected chi connectivity index (χ0v) is 11.6. The zero-order valence-electron chi connectivity index (χ0n) is 10.9. The molecule has 108 valence electrons. The lowest BCUT2D eigenvalue weighted by Gasteiger charge is -2.13. The van der Waals surface area contributed by atoms with E-state index in [0.717, 1.165) is 0 Å². The van der Waals surface area contributed by atoms with Crippen LogP contribution in [0, 0.1) is 0 Å². The van der Waals surface area contributed by atoms with Gasteiger partial charge in [0.1, 0.15) is 0 Å². The van der Waals surface area contributed by atoms with Crippen LogP contribution in [0.4, 0.5) is 17.1 Å². The van der Waals surface area contributed by atoms with Gasteiger partial charge in [0.15, 0.2) is 11.5 Å². The molecule has 0 spiro atoms. The molecule has 0 aliphatic carbocycles. The monoisotopic (exact) mass is 305 g/mol. The van der Waals surface area contributed by atoms with Gasteiger partial charge in [-0.1, -0.05) is 11.6 Å². The van der Waals surface area contributed by atoms with E-state index in [1.165, 1.54) is 6.07 Å². The van der Waals surface area contributed by atoms with Crippen molar-refractivity contribution in [2.45, 2.75) is 0 Å². The second-order valence-electron chi connectivity index (χ2n) is 4.48. The average molecular weight is 306 g/mol. The molecule has 3 rings (SSSR count). The summed E-state index contributed by atoms with van der Waals surface area (Å²) in [4.78, 5) is 11.5. The van der Waals surface area contributed by atoms with Crippen LogP contribution in [0.2, 0.25) is 5.02 Å². The summed E-state index contributed by atoms with van der Waals surface area (Å²) in [5.41, 5.74) is 12.7. The van der Waals surface area contributed by atoms with Crippen molar-refractivity contribution in [1.82, 2.24) is 0 Å². The summed E-state index contributed by atoms with van der Waals surface area (Å²) in [6.07, 6.45) is 0. The summed E-state index contributed by atoms with van der Waals surface area (Å²) in [7, 11) is 0. The SMILES string of the molecule is NC(=O)c1cc(N)cc(Cl)c1Nc1ccc2c(c1)OCO2. The minimum Gasteiger partial charge on any atom is -0.454 e. The Labute approximate surface area is 125 Å². The van der Waals surface area contributed by atoms with Gasteiger partial charge < -0.3 is 26.3 Å².